The van der Waals surface area contributed by atoms with E-state index in [1.54, 1.807) is 6.07 Å². The third-order valence-corrected chi connectivity index (χ3v) is 2.15. The van der Waals surface area contributed by atoms with E-state index in [0.717, 1.165) is 12.1 Å². The summed E-state index contributed by atoms with van der Waals surface area (Å²) in [6.45, 7) is 3.11. The zero-order valence-electron chi connectivity index (χ0n) is 9.96. The van der Waals surface area contributed by atoms with Crippen molar-refractivity contribution in [2.24, 2.45) is 0 Å². The SMILES string of the molecule is CCNCc1ccc(OCC(=O)OC)c(F)c1. The van der Waals surface area contributed by atoms with Gasteiger partial charge in [0.2, 0.25) is 0 Å². The van der Waals surface area contributed by atoms with Crippen LogP contribution in [0.25, 0.3) is 0 Å². The molecule has 17 heavy (non-hydrogen) atoms. The van der Waals surface area contributed by atoms with Crippen molar-refractivity contribution in [1.82, 2.24) is 5.32 Å². The van der Waals surface area contributed by atoms with Crippen LogP contribution in [0.1, 0.15) is 12.5 Å². The van der Waals surface area contributed by atoms with Crippen LogP contribution in [0.5, 0.6) is 5.75 Å². The fraction of sp³-hybridized carbons (Fsp3) is 0.417. The molecule has 4 nitrogen and oxygen atoms in total. The molecule has 0 aliphatic heterocycles. The lowest BCUT2D eigenvalue weighted by Crippen LogP contribution is -2.14. The van der Waals surface area contributed by atoms with E-state index < -0.39 is 11.8 Å². The van der Waals surface area contributed by atoms with Crippen molar-refractivity contribution >= 4 is 5.97 Å². The number of nitrogens with one attached hydrogen (secondary N) is 1. The van der Waals surface area contributed by atoms with Crippen LogP contribution >= 0.6 is 0 Å². The van der Waals surface area contributed by atoms with Gasteiger partial charge in [-0.05, 0) is 24.2 Å². The topological polar surface area (TPSA) is 47.6 Å². The van der Waals surface area contributed by atoms with E-state index >= 15 is 0 Å². The van der Waals surface area contributed by atoms with Gasteiger partial charge in [-0.15, -0.1) is 0 Å². The summed E-state index contributed by atoms with van der Waals surface area (Å²) >= 11 is 0. The highest BCUT2D eigenvalue weighted by Crippen LogP contribution is 2.18. The summed E-state index contributed by atoms with van der Waals surface area (Å²) in [5.41, 5.74) is 0.828. The van der Waals surface area contributed by atoms with Gasteiger partial charge >= 0.3 is 5.97 Å². The van der Waals surface area contributed by atoms with Gasteiger partial charge in [-0.25, -0.2) is 9.18 Å². The van der Waals surface area contributed by atoms with E-state index in [-0.39, 0.29) is 12.4 Å². The third kappa shape index (κ3) is 4.40. The molecule has 0 aliphatic rings. The summed E-state index contributed by atoms with van der Waals surface area (Å²) in [4.78, 5) is 10.8. The largest absolute Gasteiger partial charge is 0.479 e. The smallest absolute Gasteiger partial charge is 0.343 e. The van der Waals surface area contributed by atoms with Gasteiger partial charge in [0.1, 0.15) is 0 Å². The Morgan fingerprint density at radius 1 is 1.47 bits per heavy atom. The molecular formula is C12H16FNO3. The van der Waals surface area contributed by atoms with Crippen molar-refractivity contribution in [3.05, 3.63) is 29.6 Å². The predicted molar refractivity (Wildman–Crippen MR) is 61.3 cm³/mol. The van der Waals surface area contributed by atoms with E-state index in [2.05, 4.69) is 10.1 Å². The Balaban J connectivity index is 2.59. The lowest BCUT2D eigenvalue weighted by molar-refractivity contribution is -0.142. The number of hydrogen-bond donors (Lipinski definition) is 1. The van der Waals surface area contributed by atoms with Crippen molar-refractivity contribution in [2.75, 3.05) is 20.3 Å². The van der Waals surface area contributed by atoms with E-state index in [0.29, 0.717) is 6.54 Å². The molecule has 5 heteroatoms. The molecule has 0 amide bonds. The minimum Gasteiger partial charge on any atom is -0.479 e. The maximum Gasteiger partial charge on any atom is 0.343 e. The summed E-state index contributed by atoms with van der Waals surface area (Å²) in [5.74, 6) is -0.971. The Labute approximate surface area is 99.7 Å². The second kappa shape index (κ2) is 6.85. The molecule has 0 radical (unpaired) electrons. The first-order valence-corrected chi connectivity index (χ1v) is 5.36. The molecule has 0 aliphatic carbocycles. The Bertz CT molecular complexity index is 382. The number of ether oxygens (including phenoxy) is 2. The third-order valence-electron chi connectivity index (χ3n) is 2.15. The molecule has 0 heterocycles. The zero-order chi connectivity index (χ0) is 12.7. The molecule has 0 fully saturated rings. The summed E-state index contributed by atoms with van der Waals surface area (Å²) in [7, 11) is 1.25. The van der Waals surface area contributed by atoms with Crippen LogP contribution in [-0.2, 0) is 16.1 Å². The number of esters is 1. The summed E-state index contributed by atoms with van der Waals surface area (Å²) in [6.07, 6.45) is 0. The molecule has 0 bridgehead atoms. The van der Waals surface area contributed by atoms with Crippen LogP contribution in [-0.4, -0.2) is 26.2 Å². The number of hydrogen-bond acceptors (Lipinski definition) is 4. The van der Waals surface area contributed by atoms with Gasteiger partial charge in [-0.3, -0.25) is 0 Å². The van der Waals surface area contributed by atoms with Gasteiger partial charge < -0.3 is 14.8 Å². The fourth-order valence-electron chi connectivity index (χ4n) is 1.24. The molecule has 1 aromatic carbocycles. The molecule has 0 atom stereocenters. The average molecular weight is 241 g/mol. The van der Waals surface area contributed by atoms with Crippen molar-refractivity contribution in [3.63, 3.8) is 0 Å². The Kier molecular flexibility index (Phi) is 5.42. The number of methoxy groups -OCH3 is 1. The molecule has 0 aromatic heterocycles. The highest BCUT2D eigenvalue weighted by Gasteiger charge is 2.07. The molecule has 0 spiro atoms. The zero-order valence-corrected chi connectivity index (χ0v) is 9.96. The highest BCUT2D eigenvalue weighted by molar-refractivity contribution is 5.70. The Morgan fingerprint density at radius 3 is 2.82 bits per heavy atom. The first-order chi connectivity index (χ1) is 8.17. The maximum atomic E-state index is 13.5. The molecule has 0 saturated carbocycles. The fourth-order valence-corrected chi connectivity index (χ4v) is 1.24. The van der Waals surface area contributed by atoms with Crippen molar-refractivity contribution in [2.45, 2.75) is 13.5 Å². The second-order valence-corrected chi connectivity index (χ2v) is 3.41. The Morgan fingerprint density at radius 2 is 2.24 bits per heavy atom. The van der Waals surface area contributed by atoms with Crippen molar-refractivity contribution in [1.29, 1.82) is 0 Å². The number of benzene rings is 1. The van der Waals surface area contributed by atoms with Crippen molar-refractivity contribution < 1.29 is 18.7 Å². The summed E-state index contributed by atoms with van der Waals surface area (Å²) in [6, 6.07) is 4.64. The first-order valence-electron chi connectivity index (χ1n) is 5.36. The number of rotatable bonds is 6. The van der Waals surface area contributed by atoms with Gasteiger partial charge in [-0.2, -0.15) is 0 Å². The van der Waals surface area contributed by atoms with Crippen molar-refractivity contribution in [3.8, 4) is 5.75 Å². The van der Waals surface area contributed by atoms with Crippen LogP contribution in [0.3, 0.4) is 0 Å². The van der Waals surface area contributed by atoms with Crippen LogP contribution < -0.4 is 10.1 Å². The molecular weight excluding hydrogens is 225 g/mol. The lowest BCUT2D eigenvalue weighted by atomic mass is 10.2. The van der Waals surface area contributed by atoms with Crippen LogP contribution in [0, 0.1) is 5.82 Å². The van der Waals surface area contributed by atoms with Gasteiger partial charge in [0.25, 0.3) is 0 Å². The molecule has 0 unspecified atom stereocenters. The van der Waals surface area contributed by atoms with Crippen LogP contribution in [0.15, 0.2) is 18.2 Å². The second-order valence-electron chi connectivity index (χ2n) is 3.41. The highest BCUT2D eigenvalue weighted by atomic mass is 19.1. The van der Waals surface area contributed by atoms with Gasteiger partial charge in [0.05, 0.1) is 7.11 Å². The molecule has 94 valence electrons. The van der Waals surface area contributed by atoms with Crippen LogP contribution in [0.4, 0.5) is 4.39 Å². The molecule has 1 aromatic rings. The maximum absolute atomic E-state index is 13.5. The van der Waals surface area contributed by atoms with E-state index in [1.165, 1.54) is 19.2 Å². The monoisotopic (exact) mass is 241 g/mol. The standard InChI is InChI=1S/C12H16FNO3/c1-3-14-7-9-4-5-11(10(13)6-9)17-8-12(15)16-2/h4-6,14H,3,7-8H2,1-2H3. The quantitative estimate of drug-likeness (QED) is 0.766. The van der Waals surface area contributed by atoms with Crippen LogP contribution in [0.2, 0.25) is 0 Å². The molecule has 0 saturated heterocycles. The number of halogens is 1. The van der Waals surface area contributed by atoms with E-state index in [1.807, 2.05) is 6.92 Å². The van der Waals surface area contributed by atoms with E-state index in [9.17, 15) is 9.18 Å². The van der Waals surface area contributed by atoms with E-state index in [4.69, 9.17) is 4.74 Å². The minimum absolute atomic E-state index is 0.0515. The number of carbonyl (C=O) groups is 1. The lowest BCUT2D eigenvalue weighted by Gasteiger charge is -2.08. The average Bonchev–Trinajstić information content (AvgIpc) is 2.34. The minimum atomic E-state index is -0.541. The summed E-state index contributed by atoms with van der Waals surface area (Å²) in [5, 5.41) is 3.09. The van der Waals surface area contributed by atoms with Gasteiger partial charge in [0.15, 0.2) is 18.2 Å². The van der Waals surface area contributed by atoms with Gasteiger partial charge in [0, 0.05) is 6.54 Å². The Hall–Kier alpha value is -1.62. The molecule has 1 N–H and O–H groups in total. The van der Waals surface area contributed by atoms with Gasteiger partial charge in [-0.1, -0.05) is 13.0 Å². The normalized spacial score (nSPS) is 10.1. The predicted octanol–water partition coefficient (Wildman–Crippen LogP) is 1.49. The molecule has 1 rings (SSSR count). The summed E-state index contributed by atoms with van der Waals surface area (Å²) < 4.78 is 22.9. The first kappa shape index (κ1) is 13.4. The number of carbonyl (C=O) groups excluding carboxylic acids is 1.